The number of nitrogens with one attached hydrogen (secondary N) is 1. The van der Waals surface area contributed by atoms with Gasteiger partial charge in [-0.3, -0.25) is 10.1 Å². The molecular formula is C13H18N2O2. The fourth-order valence-electron chi connectivity index (χ4n) is 2.38. The van der Waals surface area contributed by atoms with Gasteiger partial charge in [0.05, 0.1) is 4.92 Å². The number of nitrogens with zero attached hydrogens (tertiary/aromatic N) is 1. The largest absolute Gasteiger partial charge is 0.384 e. The molecule has 0 heterocycles. The van der Waals surface area contributed by atoms with Gasteiger partial charge in [-0.25, -0.2) is 0 Å². The minimum Gasteiger partial charge on any atom is -0.384 e. The van der Waals surface area contributed by atoms with Crippen LogP contribution in [0, 0.1) is 23.0 Å². The van der Waals surface area contributed by atoms with Crippen molar-refractivity contribution in [1.82, 2.24) is 0 Å². The van der Waals surface area contributed by atoms with Crippen LogP contribution in [0.2, 0.25) is 0 Å². The predicted octanol–water partition coefficient (Wildman–Crippen LogP) is 3.51. The van der Waals surface area contributed by atoms with Crippen molar-refractivity contribution in [1.29, 1.82) is 0 Å². The molecule has 0 bridgehead atoms. The van der Waals surface area contributed by atoms with Gasteiger partial charge in [0.1, 0.15) is 0 Å². The van der Waals surface area contributed by atoms with E-state index in [4.69, 9.17) is 0 Å². The summed E-state index contributed by atoms with van der Waals surface area (Å²) < 4.78 is 0. The summed E-state index contributed by atoms with van der Waals surface area (Å²) in [6.45, 7) is 2.91. The molecule has 1 aromatic rings. The molecule has 0 unspecified atom stereocenters. The van der Waals surface area contributed by atoms with Crippen molar-refractivity contribution >= 4 is 11.4 Å². The van der Waals surface area contributed by atoms with Crippen LogP contribution in [-0.2, 0) is 0 Å². The Balaban J connectivity index is 2.03. The maximum atomic E-state index is 10.7. The Labute approximate surface area is 101 Å². The Bertz CT molecular complexity index is 412. The van der Waals surface area contributed by atoms with E-state index in [2.05, 4.69) is 5.32 Å². The van der Waals surface area contributed by atoms with E-state index in [9.17, 15) is 10.1 Å². The summed E-state index contributed by atoms with van der Waals surface area (Å²) in [4.78, 5) is 10.4. The quantitative estimate of drug-likeness (QED) is 0.640. The molecule has 0 aromatic heterocycles. The molecular weight excluding hydrogens is 216 g/mol. The van der Waals surface area contributed by atoms with Crippen LogP contribution in [-0.4, -0.2) is 11.5 Å². The highest BCUT2D eigenvalue weighted by molar-refractivity contribution is 5.56. The van der Waals surface area contributed by atoms with E-state index in [0.29, 0.717) is 0 Å². The van der Waals surface area contributed by atoms with Gasteiger partial charge >= 0.3 is 0 Å². The Morgan fingerprint density at radius 1 is 1.41 bits per heavy atom. The number of rotatable bonds is 4. The van der Waals surface area contributed by atoms with Crippen LogP contribution < -0.4 is 5.32 Å². The monoisotopic (exact) mass is 234 g/mol. The van der Waals surface area contributed by atoms with E-state index in [1.807, 2.05) is 6.92 Å². The maximum Gasteiger partial charge on any atom is 0.271 e. The van der Waals surface area contributed by atoms with Crippen molar-refractivity contribution in [2.45, 2.75) is 32.6 Å². The maximum absolute atomic E-state index is 10.7. The second kappa shape index (κ2) is 5.17. The van der Waals surface area contributed by atoms with Crippen LogP contribution in [0.5, 0.6) is 0 Å². The van der Waals surface area contributed by atoms with Crippen LogP contribution in [0.15, 0.2) is 18.2 Å². The standard InChI is InChI=1S/C13H18N2O2/c1-10-6-7-12(15(16)17)8-13(10)14-9-11-4-2-3-5-11/h6-8,11,14H,2-5,9H2,1H3. The summed E-state index contributed by atoms with van der Waals surface area (Å²) in [5.41, 5.74) is 2.12. The average molecular weight is 234 g/mol. The van der Waals surface area contributed by atoms with Crippen LogP contribution in [0.1, 0.15) is 31.2 Å². The summed E-state index contributed by atoms with van der Waals surface area (Å²) in [5.74, 6) is 0.730. The number of hydrogen-bond donors (Lipinski definition) is 1. The Hall–Kier alpha value is -1.58. The highest BCUT2D eigenvalue weighted by atomic mass is 16.6. The number of aryl methyl sites for hydroxylation is 1. The second-order valence-corrected chi connectivity index (χ2v) is 4.79. The van der Waals surface area contributed by atoms with Gasteiger partial charge in [-0.1, -0.05) is 18.9 Å². The van der Waals surface area contributed by atoms with Crippen molar-refractivity contribution < 1.29 is 4.92 Å². The minimum atomic E-state index is -0.347. The highest BCUT2D eigenvalue weighted by Gasteiger charge is 2.15. The fraction of sp³-hybridized carbons (Fsp3) is 0.538. The molecule has 0 saturated heterocycles. The Morgan fingerprint density at radius 2 is 2.12 bits per heavy atom. The summed E-state index contributed by atoms with van der Waals surface area (Å²) in [6.07, 6.45) is 5.20. The van der Waals surface area contributed by atoms with E-state index in [-0.39, 0.29) is 10.6 Å². The summed E-state index contributed by atoms with van der Waals surface area (Å²) in [5, 5.41) is 14.0. The predicted molar refractivity (Wildman–Crippen MR) is 68.3 cm³/mol. The van der Waals surface area contributed by atoms with Crippen LogP contribution in [0.3, 0.4) is 0 Å². The molecule has 92 valence electrons. The van der Waals surface area contributed by atoms with Gasteiger partial charge in [-0.2, -0.15) is 0 Å². The lowest BCUT2D eigenvalue weighted by Gasteiger charge is -2.13. The molecule has 0 spiro atoms. The zero-order valence-corrected chi connectivity index (χ0v) is 10.1. The Morgan fingerprint density at radius 3 is 2.76 bits per heavy atom. The third-order valence-corrected chi connectivity index (χ3v) is 3.49. The molecule has 17 heavy (non-hydrogen) atoms. The third-order valence-electron chi connectivity index (χ3n) is 3.49. The molecule has 4 heteroatoms. The molecule has 1 saturated carbocycles. The molecule has 1 fully saturated rings. The lowest BCUT2D eigenvalue weighted by atomic mass is 10.1. The molecule has 1 aliphatic rings. The zero-order valence-electron chi connectivity index (χ0n) is 10.1. The number of nitro benzene ring substituents is 1. The average Bonchev–Trinajstić information content (AvgIpc) is 2.80. The van der Waals surface area contributed by atoms with Crippen molar-refractivity contribution in [3.63, 3.8) is 0 Å². The third kappa shape index (κ3) is 2.96. The van der Waals surface area contributed by atoms with E-state index in [1.54, 1.807) is 18.2 Å². The Kier molecular flexibility index (Phi) is 3.61. The number of benzene rings is 1. The molecule has 2 rings (SSSR count). The van der Waals surface area contributed by atoms with Crippen molar-refractivity contribution in [3.8, 4) is 0 Å². The topological polar surface area (TPSA) is 55.2 Å². The molecule has 1 aliphatic carbocycles. The molecule has 1 aromatic carbocycles. The first-order valence-electron chi connectivity index (χ1n) is 6.16. The SMILES string of the molecule is Cc1ccc([N+](=O)[O-])cc1NCC1CCCC1. The van der Waals surface area contributed by atoms with Crippen LogP contribution >= 0.6 is 0 Å². The number of hydrogen-bond acceptors (Lipinski definition) is 3. The van der Waals surface area contributed by atoms with E-state index in [1.165, 1.54) is 25.7 Å². The fourth-order valence-corrected chi connectivity index (χ4v) is 2.38. The van der Waals surface area contributed by atoms with E-state index >= 15 is 0 Å². The minimum absolute atomic E-state index is 0.157. The van der Waals surface area contributed by atoms with Gasteiger partial charge < -0.3 is 5.32 Å². The van der Waals surface area contributed by atoms with Gasteiger partial charge in [0.15, 0.2) is 0 Å². The normalized spacial score (nSPS) is 16.1. The van der Waals surface area contributed by atoms with Gasteiger partial charge in [-0.05, 0) is 31.2 Å². The molecule has 0 radical (unpaired) electrons. The molecule has 1 N–H and O–H groups in total. The summed E-state index contributed by atoms with van der Waals surface area (Å²) in [6, 6.07) is 4.98. The van der Waals surface area contributed by atoms with E-state index < -0.39 is 0 Å². The lowest BCUT2D eigenvalue weighted by molar-refractivity contribution is -0.384. The van der Waals surface area contributed by atoms with Crippen LogP contribution in [0.25, 0.3) is 0 Å². The van der Waals surface area contributed by atoms with Gasteiger partial charge in [0.2, 0.25) is 0 Å². The molecule has 0 amide bonds. The lowest BCUT2D eigenvalue weighted by Crippen LogP contribution is -2.11. The van der Waals surface area contributed by atoms with Crippen molar-refractivity contribution in [3.05, 3.63) is 33.9 Å². The van der Waals surface area contributed by atoms with Crippen molar-refractivity contribution in [2.24, 2.45) is 5.92 Å². The summed E-state index contributed by atoms with van der Waals surface area (Å²) >= 11 is 0. The smallest absolute Gasteiger partial charge is 0.271 e. The van der Waals surface area contributed by atoms with Gasteiger partial charge in [0.25, 0.3) is 5.69 Å². The van der Waals surface area contributed by atoms with E-state index in [0.717, 1.165) is 23.7 Å². The molecule has 4 nitrogen and oxygen atoms in total. The molecule has 0 aliphatic heterocycles. The highest BCUT2D eigenvalue weighted by Crippen LogP contribution is 2.27. The van der Waals surface area contributed by atoms with Gasteiger partial charge in [-0.15, -0.1) is 0 Å². The first-order chi connectivity index (χ1) is 8.16. The summed E-state index contributed by atoms with van der Waals surface area (Å²) in [7, 11) is 0. The number of non-ortho nitro benzene ring substituents is 1. The zero-order chi connectivity index (χ0) is 12.3. The number of anilines is 1. The first kappa shape index (κ1) is 11.9. The second-order valence-electron chi connectivity index (χ2n) is 4.79. The molecule has 0 atom stereocenters. The number of nitro groups is 1. The van der Waals surface area contributed by atoms with Crippen LogP contribution in [0.4, 0.5) is 11.4 Å². The van der Waals surface area contributed by atoms with Gasteiger partial charge in [0, 0.05) is 24.4 Å². The van der Waals surface area contributed by atoms with Crippen molar-refractivity contribution in [2.75, 3.05) is 11.9 Å². The first-order valence-corrected chi connectivity index (χ1v) is 6.16.